The van der Waals surface area contributed by atoms with E-state index < -0.39 is 16.0 Å². The van der Waals surface area contributed by atoms with Crippen LogP contribution >= 0.6 is 0 Å². The first-order valence-electron chi connectivity index (χ1n) is 6.23. The molecule has 0 radical (unpaired) electrons. The van der Waals surface area contributed by atoms with E-state index in [1.807, 2.05) is 13.8 Å². The van der Waals surface area contributed by atoms with Gasteiger partial charge in [0, 0.05) is 11.6 Å². The molecule has 0 fully saturated rings. The maximum Gasteiger partial charge on any atom is 0.243 e. The van der Waals surface area contributed by atoms with E-state index >= 15 is 0 Å². The van der Waals surface area contributed by atoms with Crippen LogP contribution in [0, 0.1) is 0 Å². The van der Waals surface area contributed by atoms with Crippen molar-refractivity contribution in [2.24, 2.45) is 0 Å². The number of amides is 1. The number of benzene rings is 1. The van der Waals surface area contributed by atoms with Crippen LogP contribution in [0.5, 0.6) is 0 Å². The first kappa shape index (κ1) is 13.9. The van der Waals surface area contributed by atoms with Gasteiger partial charge in [0.1, 0.15) is 5.25 Å². The Bertz CT molecular complexity index is 580. The summed E-state index contributed by atoms with van der Waals surface area (Å²) in [7, 11) is -1.40. The molecule has 0 saturated carbocycles. The third kappa shape index (κ3) is 2.23. The molecule has 102 valence electrons. The summed E-state index contributed by atoms with van der Waals surface area (Å²) >= 11 is 0. The molecule has 19 heavy (non-hydrogen) atoms. The molecule has 0 spiro atoms. The van der Waals surface area contributed by atoms with E-state index in [0.29, 0.717) is 16.1 Å². The summed E-state index contributed by atoms with van der Waals surface area (Å²) in [5.74, 6) is -0.197. The number of hydrogen-bond acceptors (Lipinski definition) is 3. The molecule has 0 saturated heterocycles. The highest BCUT2D eigenvalue weighted by molar-refractivity contribution is 7.86. The van der Waals surface area contributed by atoms with Crippen LogP contribution in [0.2, 0.25) is 0 Å². The Morgan fingerprint density at radius 3 is 2.53 bits per heavy atom. The third-order valence-electron chi connectivity index (χ3n) is 3.27. The van der Waals surface area contributed by atoms with Crippen molar-refractivity contribution >= 4 is 28.2 Å². The van der Waals surface area contributed by atoms with Gasteiger partial charge in [-0.3, -0.25) is 13.8 Å². The predicted octanol–water partition coefficient (Wildman–Crippen LogP) is 2.14. The fourth-order valence-corrected chi connectivity index (χ4v) is 3.52. The molecule has 2 rings (SSSR count). The van der Waals surface area contributed by atoms with Crippen molar-refractivity contribution in [2.45, 2.75) is 43.9 Å². The average molecular weight is 279 g/mol. The Hall–Kier alpha value is -1.49. The van der Waals surface area contributed by atoms with E-state index in [9.17, 15) is 13.8 Å². The summed E-state index contributed by atoms with van der Waals surface area (Å²) in [5.41, 5.74) is 1.18. The van der Waals surface area contributed by atoms with Crippen LogP contribution in [0.15, 0.2) is 23.1 Å². The Morgan fingerprint density at radius 2 is 2.00 bits per heavy atom. The van der Waals surface area contributed by atoms with Crippen LogP contribution < -0.4 is 4.90 Å². The van der Waals surface area contributed by atoms with Crippen molar-refractivity contribution in [3.63, 3.8) is 0 Å². The number of Topliss-reactive ketones (excluding diaryl/α,β-unsaturated/α-hetero) is 1. The topological polar surface area (TPSA) is 54.5 Å². The van der Waals surface area contributed by atoms with Gasteiger partial charge >= 0.3 is 0 Å². The van der Waals surface area contributed by atoms with Crippen molar-refractivity contribution in [1.29, 1.82) is 0 Å². The van der Waals surface area contributed by atoms with Crippen molar-refractivity contribution < 1.29 is 13.8 Å². The summed E-state index contributed by atoms with van der Waals surface area (Å²) in [6.45, 7) is 6.97. The molecule has 0 aromatic heterocycles. The minimum Gasteiger partial charge on any atom is -0.308 e. The molecule has 1 aromatic rings. The maximum atomic E-state index is 12.3. The van der Waals surface area contributed by atoms with Crippen LogP contribution in [0.4, 0.5) is 5.69 Å². The number of carbonyl (C=O) groups excluding carboxylic acids is 2. The smallest absolute Gasteiger partial charge is 0.243 e. The SMILES string of the molecule is CC(=O)c1ccc2c(c1)S(=O)C(C)C(=O)N2C(C)C. The summed E-state index contributed by atoms with van der Waals surface area (Å²) in [5, 5.41) is -0.572. The van der Waals surface area contributed by atoms with Gasteiger partial charge in [-0.25, -0.2) is 0 Å². The monoisotopic (exact) mass is 279 g/mol. The van der Waals surface area contributed by atoms with Crippen LogP contribution in [0.3, 0.4) is 0 Å². The van der Waals surface area contributed by atoms with Gasteiger partial charge in [-0.2, -0.15) is 0 Å². The minimum atomic E-state index is -1.40. The average Bonchev–Trinajstić information content (AvgIpc) is 2.35. The van der Waals surface area contributed by atoms with Gasteiger partial charge in [-0.15, -0.1) is 0 Å². The van der Waals surface area contributed by atoms with E-state index in [4.69, 9.17) is 0 Å². The Balaban J connectivity index is 2.64. The molecule has 4 nitrogen and oxygen atoms in total. The van der Waals surface area contributed by atoms with Crippen molar-refractivity contribution in [3.8, 4) is 0 Å². The lowest BCUT2D eigenvalue weighted by Crippen LogP contribution is -2.47. The van der Waals surface area contributed by atoms with E-state index in [1.54, 1.807) is 30.0 Å². The number of rotatable bonds is 2. The number of hydrogen-bond donors (Lipinski definition) is 0. The highest BCUT2D eigenvalue weighted by Gasteiger charge is 2.37. The highest BCUT2D eigenvalue weighted by atomic mass is 32.2. The molecule has 1 heterocycles. The Morgan fingerprint density at radius 1 is 1.37 bits per heavy atom. The summed E-state index contributed by atoms with van der Waals surface area (Å²) in [6, 6.07) is 5.03. The quantitative estimate of drug-likeness (QED) is 0.779. The zero-order chi connectivity index (χ0) is 14.3. The second-order valence-electron chi connectivity index (χ2n) is 4.98. The standard InChI is InChI=1S/C14H17NO3S/c1-8(2)15-12-6-5-11(9(3)16)7-13(12)19(18)10(4)14(15)17/h5-8,10H,1-4H3. The summed E-state index contributed by atoms with van der Waals surface area (Å²) < 4.78 is 12.3. The van der Waals surface area contributed by atoms with Gasteiger partial charge in [0.05, 0.1) is 21.4 Å². The second-order valence-corrected chi connectivity index (χ2v) is 6.72. The molecule has 1 aliphatic rings. The lowest BCUT2D eigenvalue weighted by molar-refractivity contribution is -0.118. The molecule has 5 heteroatoms. The zero-order valence-electron chi connectivity index (χ0n) is 11.5. The van der Waals surface area contributed by atoms with Crippen LogP contribution in [0.1, 0.15) is 38.1 Å². The van der Waals surface area contributed by atoms with Gasteiger partial charge in [0.25, 0.3) is 0 Å². The van der Waals surface area contributed by atoms with Crippen LogP contribution in [-0.4, -0.2) is 27.2 Å². The number of carbonyl (C=O) groups is 2. The van der Waals surface area contributed by atoms with Gasteiger partial charge in [0.2, 0.25) is 5.91 Å². The van der Waals surface area contributed by atoms with Crippen LogP contribution in [-0.2, 0) is 15.6 Å². The normalized spacial score (nSPS) is 22.6. The lowest BCUT2D eigenvalue weighted by atomic mass is 10.1. The maximum absolute atomic E-state index is 12.3. The number of fused-ring (bicyclic) bond motifs is 1. The van der Waals surface area contributed by atoms with E-state index in [-0.39, 0.29) is 17.7 Å². The van der Waals surface area contributed by atoms with E-state index in [1.165, 1.54) is 6.92 Å². The number of anilines is 1. The van der Waals surface area contributed by atoms with Crippen LogP contribution in [0.25, 0.3) is 0 Å². The predicted molar refractivity (Wildman–Crippen MR) is 74.9 cm³/mol. The van der Waals surface area contributed by atoms with E-state index in [0.717, 1.165) is 0 Å². The van der Waals surface area contributed by atoms with Gasteiger partial charge < -0.3 is 4.90 Å². The molecule has 0 N–H and O–H groups in total. The van der Waals surface area contributed by atoms with E-state index in [2.05, 4.69) is 0 Å². The summed E-state index contributed by atoms with van der Waals surface area (Å²) in [4.78, 5) is 25.9. The van der Waals surface area contributed by atoms with Crippen molar-refractivity contribution in [1.82, 2.24) is 0 Å². The number of ketones is 1. The molecule has 2 unspecified atom stereocenters. The Kier molecular flexibility index (Phi) is 3.58. The van der Waals surface area contributed by atoms with Gasteiger partial charge in [-0.1, -0.05) is 0 Å². The molecule has 2 atom stereocenters. The molecule has 1 aliphatic heterocycles. The Labute approximate surface area is 115 Å². The molecule has 1 aromatic carbocycles. The first-order valence-corrected chi connectivity index (χ1v) is 7.44. The second kappa shape index (κ2) is 4.89. The lowest BCUT2D eigenvalue weighted by Gasteiger charge is -2.35. The number of nitrogens with zero attached hydrogens (tertiary/aromatic N) is 1. The summed E-state index contributed by atoms with van der Waals surface area (Å²) in [6.07, 6.45) is 0. The largest absolute Gasteiger partial charge is 0.308 e. The molecule has 1 amide bonds. The fraction of sp³-hybridized carbons (Fsp3) is 0.429. The zero-order valence-corrected chi connectivity index (χ0v) is 12.3. The molecular weight excluding hydrogens is 262 g/mol. The highest BCUT2D eigenvalue weighted by Crippen LogP contribution is 2.34. The van der Waals surface area contributed by atoms with Crippen molar-refractivity contribution in [2.75, 3.05) is 4.90 Å². The van der Waals surface area contributed by atoms with Gasteiger partial charge in [0.15, 0.2) is 5.78 Å². The molecule has 0 bridgehead atoms. The first-order chi connectivity index (χ1) is 8.84. The molecule has 0 aliphatic carbocycles. The fourth-order valence-electron chi connectivity index (χ4n) is 2.22. The van der Waals surface area contributed by atoms with Crippen molar-refractivity contribution in [3.05, 3.63) is 23.8 Å². The molecular formula is C14H17NO3S. The third-order valence-corrected chi connectivity index (χ3v) is 4.87. The van der Waals surface area contributed by atoms with Gasteiger partial charge in [-0.05, 0) is 45.9 Å². The minimum absolute atomic E-state index is 0.00539.